The molecular weight excluding hydrogens is 216 g/mol. The zero-order valence-corrected chi connectivity index (χ0v) is 10.4. The van der Waals surface area contributed by atoms with Crippen LogP contribution in [0.4, 0.5) is 0 Å². The molecule has 0 spiro atoms. The van der Waals surface area contributed by atoms with Gasteiger partial charge in [0, 0.05) is 7.05 Å². The highest BCUT2D eigenvalue weighted by molar-refractivity contribution is 5.81. The largest absolute Gasteiger partial charge is 0.492 e. The Bertz CT molecular complexity index is 341. The third kappa shape index (κ3) is 4.44. The Morgan fingerprint density at radius 2 is 2.06 bits per heavy atom. The molecule has 0 aliphatic rings. The van der Waals surface area contributed by atoms with E-state index in [2.05, 4.69) is 0 Å². The second-order valence-corrected chi connectivity index (χ2v) is 3.94. The minimum Gasteiger partial charge on any atom is -0.492 e. The van der Waals surface area contributed by atoms with E-state index in [9.17, 15) is 4.79 Å². The van der Waals surface area contributed by atoms with Crippen molar-refractivity contribution in [1.82, 2.24) is 4.90 Å². The first-order valence-electron chi connectivity index (χ1n) is 5.83. The van der Waals surface area contributed by atoms with Gasteiger partial charge in [-0.15, -0.1) is 0 Å². The monoisotopic (exact) mass is 236 g/mol. The molecule has 4 nitrogen and oxygen atoms in total. The minimum atomic E-state index is -0.406. The van der Waals surface area contributed by atoms with E-state index in [4.69, 9.17) is 10.5 Å². The van der Waals surface area contributed by atoms with Crippen LogP contribution in [0.25, 0.3) is 0 Å². The lowest BCUT2D eigenvalue weighted by atomic mass is 10.2. The van der Waals surface area contributed by atoms with Crippen LogP contribution in [-0.4, -0.2) is 37.0 Å². The number of para-hydroxylation sites is 1. The minimum absolute atomic E-state index is 0.0378. The Balaban J connectivity index is 2.29. The van der Waals surface area contributed by atoms with Crippen molar-refractivity contribution < 1.29 is 9.53 Å². The summed E-state index contributed by atoms with van der Waals surface area (Å²) >= 11 is 0. The average molecular weight is 236 g/mol. The van der Waals surface area contributed by atoms with Gasteiger partial charge in [0.25, 0.3) is 0 Å². The van der Waals surface area contributed by atoms with Crippen molar-refractivity contribution in [3.05, 3.63) is 30.3 Å². The average Bonchev–Trinajstić information content (AvgIpc) is 2.38. The molecule has 1 atom stereocenters. The summed E-state index contributed by atoms with van der Waals surface area (Å²) in [4.78, 5) is 13.3. The Morgan fingerprint density at radius 3 is 2.65 bits per heavy atom. The summed E-state index contributed by atoms with van der Waals surface area (Å²) in [6.07, 6.45) is 0.655. The maximum absolute atomic E-state index is 11.7. The first-order chi connectivity index (χ1) is 8.15. The van der Waals surface area contributed by atoms with E-state index in [1.165, 1.54) is 0 Å². The van der Waals surface area contributed by atoms with Crippen LogP contribution in [0.3, 0.4) is 0 Å². The maximum Gasteiger partial charge on any atom is 0.239 e. The van der Waals surface area contributed by atoms with Gasteiger partial charge in [-0.1, -0.05) is 25.1 Å². The smallest absolute Gasteiger partial charge is 0.239 e. The van der Waals surface area contributed by atoms with Gasteiger partial charge in [-0.2, -0.15) is 0 Å². The fourth-order valence-electron chi connectivity index (χ4n) is 1.39. The van der Waals surface area contributed by atoms with Crippen LogP contribution in [0.15, 0.2) is 30.3 Å². The van der Waals surface area contributed by atoms with Crippen LogP contribution in [-0.2, 0) is 4.79 Å². The molecule has 0 aromatic heterocycles. The lowest BCUT2D eigenvalue weighted by Crippen LogP contribution is -2.42. The number of benzene rings is 1. The second-order valence-electron chi connectivity index (χ2n) is 3.94. The highest BCUT2D eigenvalue weighted by Crippen LogP contribution is 2.07. The lowest BCUT2D eigenvalue weighted by Gasteiger charge is -2.20. The Morgan fingerprint density at radius 1 is 1.41 bits per heavy atom. The fraction of sp³-hybridized carbons (Fsp3) is 0.462. The SMILES string of the molecule is CC[C@@H](N)C(=O)N(C)CCOc1ccccc1. The molecule has 0 bridgehead atoms. The zero-order valence-electron chi connectivity index (χ0n) is 10.4. The summed E-state index contributed by atoms with van der Waals surface area (Å²) in [7, 11) is 1.74. The van der Waals surface area contributed by atoms with Crippen molar-refractivity contribution in [3.8, 4) is 5.75 Å². The second kappa shape index (κ2) is 6.91. The predicted octanol–water partition coefficient (Wildman–Crippen LogP) is 1.26. The predicted molar refractivity (Wildman–Crippen MR) is 67.8 cm³/mol. The molecule has 0 radical (unpaired) electrons. The van der Waals surface area contributed by atoms with Gasteiger partial charge in [0.1, 0.15) is 12.4 Å². The molecule has 0 aliphatic carbocycles. The number of hydrogen-bond acceptors (Lipinski definition) is 3. The highest BCUT2D eigenvalue weighted by atomic mass is 16.5. The number of nitrogens with zero attached hydrogens (tertiary/aromatic N) is 1. The van der Waals surface area contributed by atoms with Crippen LogP contribution in [0.5, 0.6) is 5.75 Å². The van der Waals surface area contributed by atoms with E-state index in [0.29, 0.717) is 19.6 Å². The van der Waals surface area contributed by atoms with Crippen molar-refractivity contribution >= 4 is 5.91 Å². The molecule has 1 aromatic carbocycles. The van der Waals surface area contributed by atoms with Crippen LogP contribution in [0.2, 0.25) is 0 Å². The van der Waals surface area contributed by atoms with Crippen LogP contribution >= 0.6 is 0 Å². The van der Waals surface area contributed by atoms with Gasteiger partial charge in [-0.3, -0.25) is 4.79 Å². The Hall–Kier alpha value is -1.55. The van der Waals surface area contributed by atoms with Crippen molar-refractivity contribution in [2.24, 2.45) is 5.73 Å². The molecule has 0 aliphatic heterocycles. The number of nitrogens with two attached hydrogens (primary N) is 1. The van der Waals surface area contributed by atoms with Crippen molar-refractivity contribution in [3.63, 3.8) is 0 Å². The van der Waals surface area contributed by atoms with Crippen molar-refractivity contribution in [1.29, 1.82) is 0 Å². The molecule has 0 heterocycles. The number of ether oxygens (including phenoxy) is 1. The van der Waals surface area contributed by atoms with Gasteiger partial charge in [0.05, 0.1) is 12.6 Å². The molecule has 94 valence electrons. The van der Waals surface area contributed by atoms with Crippen LogP contribution < -0.4 is 10.5 Å². The summed E-state index contributed by atoms with van der Waals surface area (Å²) in [6, 6.07) is 9.13. The molecule has 0 unspecified atom stereocenters. The first kappa shape index (κ1) is 13.5. The van der Waals surface area contributed by atoms with Crippen molar-refractivity contribution in [2.45, 2.75) is 19.4 Å². The van der Waals surface area contributed by atoms with Crippen LogP contribution in [0.1, 0.15) is 13.3 Å². The number of hydrogen-bond donors (Lipinski definition) is 1. The number of carbonyl (C=O) groups is 1. The molecule has 0 fully saturated rings. The molecule has 0 saturated carbocycles. The lowest BCUT2D eigenvalue weighted by molar-refractivity contribution is -0.131. The van der Waals surface area contributed by atoms with Gasteiger partial charge in [0.15, 0.2) is 0 Å². The molecule has 17 heavy (non-hydrogen) atoms. The molecule has 1 aromatic rings. The van der Waals surface area contributed by atoms with Crippen LogP contribution in [0, 0.1) is 0 Å². The van der Waals surface area contributed by atoms with E-state index < -0.39 is 6.04 Å². The molecule has 1 rings (SSSR count). The van der Waals surface area contributed by atoms with E-state index >= 15 is 0 Å². The third-order valence-electron chi connectivity index (χ3n) is 2.57. The molecule has 2 N–H and O–H groups in total. The van der Waals surface area contributed by atoms with Gasteiger partial charge in [-0.25, -0.2) is 0 Å². The summed E-state index contributed by atoms with van der Waals surface area (Å²) in [6.45, 7) is 2.92. The number of carbonyl (C=O) groups excluding carboxylic acids is 1. The summed E-state index contributed by atoms with van der Waals surface area (Å²) in [5.41, 5.74) is 5.67. The Kier molecular flexibility index (Phi) is 5.49. The van der Waals surface area contributed by atoms with E-state index in [-0.39, 0.29) is 5.91 Å². The standard InChI is InChI=1S/C13H20N2O2/c1-3-12(14)13(16)15(2)9-10-17-11-7-5-4-6-8-11/h4-8,12H,3,9-10,14H2,1-2H3/t12-/m1/s1. The summed E-state index contributed by atoms with van der Waals surface area (Å²) < 4.78 is 5.51. The van der Waals surface area contributed by atoms with Gasteiger partial charge >= 0.3 is 0 Å². The third-order valence-corrected chi connectivity index (χ3v) is 2.57. The molecule has 4 heteroatoms. The van der Waals surface area contributed by atoms with E-state index in [0.717, 1.165) is 5.75 Å². The molecule has 0 saturated heterocycles. The quantitative estimate of drug-likeness (QED) is 0.809. The maximum atomic E-state index is 11.7. The summed E-state index contributed by atoms with van der Waals surface area (Å²) in [5.74, 6) is 0.775. The topological polar surface area (TPSA) is 55.6 Å². The fourth-order valence-corrected chi connectivity index (χ4v) is 1.39. The molecular formula is C13H20N2O2. The summed E-state index contributed by atoms with van der Waals surface area (Å²) in [5, 5.41) is 0. The van der Waals surface area contributed by atoms with Gasteiger partial charge < -0.3 is 15.4 Å². The van der Waals surface area contributed by atoms with Gasteiger partial charge in [-0.05, 0) is 18.6 Å². The van der Waals surface area contributed by atoms with E-state index in [1.54, 1.807) is 11.9 Å². The molecule has 1 amide bonds. The zero-order chi connectivity index (χ0) is 12.7. The van der Waals surface area contributed by atoms with E-state index in [1.807, 2.05) is 37.3 Å². The number of amides is 1. The van der Waals surface area contributed by atoms with Crippen molar-refractivity contribution in [2.75, 3.05) is 20.2 Å². The number of likely N-dealkylation sites (N-methyl/N-ethyl adjacent to an activating group) is 1. The highest BCUT2D eigenvalue weighted by Gasteiger charge is 2.15. The first-order valence-corrected chi connectivity index (χ1v) is 5.83. The van der Waals surface area contributed by atoms with Gasteiger partial charge in [0.2, 0.25) is 5.91 Å². The Labute approximate surface area is 102 Å². The normalized spacial score (nSPS) is 11.9. The number of rotatable bonds is 6.